The zero-order chi connectivity index (χ0) is 12.1. The van der Waals surface area contributed by atoms with Crippen LogP contribution >= 0.6 is 15.9 Å². The molecule has 1 unspecified atom stereocenters. The zero-order valence-electron chi connectivity index (χ0n) is 10.0. The fourth-order valence-electron chi connectivity index (χ4n) is 1.41. The molecule has 16 heavy (non-hydrogen) atoms. The molecule has 0 saturated carbocycles. The Morgan fingerprint density at radius 1 is 1.44 bits per heavy atom. The summed E-state index contributed by atoms with van der Waals surface area (Å²) in [5.41, 5.74) is 2.99. The summed E-state index contributed by atoms with van der Waals surface area (Å²) in [6.07, 6.45) is 0. The third-order valence-electron chi connectivity index (χ3n) is 2.72. The summed E-state index contributed by atoms with van der Waals surface area (Å²) in [7, 11) is 0. The van der Waals surface area contributed by atoms with Gasteiger partial charge in [-0.15, -0.1) is 0 Å². The second-order valence-corrected chi connectivity index (χ2v) is 4.86. The van der Waals surface area contributed by atoms with Crippen molar-refractivity contribution in [2.45, 2.75) is 20.8 Å². The lowest BCUT2D eigenvalue weighted by atomic mass is 10.0. The van der Waals surface area contributed by atoms with Crippen molar-refractivity contribution in [3.63, 3.8) is 0 Å². The molecule has 1 aromatic carbocycles. The number of carbonyl (C=O) groups is 1. The first kappa shape index (κ1) is 13.2. The standard InChI is InChI=1S/C13H18BrNO/c1-9(7-14)8-15-13(16)12-6-4-5-10(2)11(12)3/h4-6,9H,7-8H2,1-3H3,(H,15,16). The lowest BCUT2D eigenvalue weighted by Gasteiger charge is -2.12. The lowest BCUT2D eigenvalue weighted by Crippen LogP contribution is -2.29. The molecule has 0 spiro atoms. The topological polar surface area (TPSA) is 29.1 Å². The molecule has 2 nitrogen and oxygen atoms in total. The van der Waals surface area contributed by atoms with Crippen LogP contribution in [0.3, 0.4) is 0 Å². The molecule has 0 aliphatic rings. The van der Waals surface area contributed by atoms with Gasteiger partial charge >= 0.3 is 0 Å². The number of carbonyl (C=O) groups excluding carboxylic acids is 1. The molecular weight excluding hydrogens is 266 g/mol. The monoisotopic (exact) mass is 283 g/mol. The molecular formula is C13H18BrNO. The van der Waals surface area contributed by atoms with Crippen LogP contribution < -0.4 is 5.32 Å². The van der Waals surface area contributed by atoms with Crippen LogP contribution in [0, 0.1) is 19.8 Å². The average Bonchev–Trinajstić information content (AvgIpc) is 2.29. The van der Waals surface area contributed by atoms with Crippen molar-refractivity contribution in [1.29, 1.82) is 0 Å². The Balaban J connectivity index is 2.70. The Labute approximate surface area is 106 Å². The highest BCUT2D eigenvalue weighted by atomic mass is 79.9. The van der Waals surface area contributed by atoms with E-state index in [2.05, 4.69) is 28.2 Å². The Bertz CT molecular complexity index is 376. The highest BCUT2D eigenvalue weighted by Crippen LogP contribution is 2.12. The number of hydrogen-bond acceptors (Lipinski definition) is 1. The van der Waals surface area contributed by atoms with Gasteiger partial charge in [0.05, 0.1) is 0 Å². The molecule has 88 valence electrons. The summed E-state index contributed by atoms with van der Waals surface area (Å²) >= 11 is 3.40. The van der Waals surface area contributed by atoms with E-state index in [9.17, 15) is 4.79 Å². The summed E-state index contributed by atoms with van der Waals surface area (Å²) < 4.78 is 0. The van der Waals surface area contributed by atoms with Gasteiger partial charge in [-0.3, -0.25) is 4.79 Å². The quantitative estimate of drug-likeness (QED) is 0.846. The van der Waals surface area contributed by atoms with Gasteiger partial charge in [0.1, 0.15) is 0 Å². The predicted molar refractivity (Wildman–Crippen MR) is 71.2 cm³/mol. The molecule has 0 aliphatic heterocycles. The summed E-state index contributed by atoms with van der Waals surface area (Å²) in [5, 5.41) is 3.85. The van der Waals surface area contributed by atoms with Gasteiger partial charge in [0.15, 0.2) is 0 Å². The number of rotatable bonds is 4. The van der Waals surface area contributed by atoms with Crippen molar-refractivity contribution in [2.24, 2.45) is 5.92 Å². The van der Waals surface area contributed by atoms with Crippen molar-refractivity contribution >= 4 is 21.8 Å². The van der Waals surface area contributed by atoms with Gasteiger partial charge in [0, 0.05) is 17.4 Å². The molecule has 0 bridgehead atoms. The Morgan fingerprint density at radius 3 is 2.75 bits per heavy atom. The molecule has 0 saturated heterocycles. The first-order valence-electron chi connectivity index (χ1n) is 5.46. The smallest absolute Gasteiger partial charge is 0.251 e. The van der Waals surface area contributed by atoms with Crippen molar-refractivity contribution in [2.75, 3.05) is 11.9 Å². The molecule has 1 rings (SSSR count). The second-order valence-electron chi connectivity index (χ2n) is 4.22. The SMILES string of the molecule is Cc1cccc(C(=O)NCC(C)CBr)c1C. The molecule has 0 fully saturated rings. The predicted octanol–water partition coefficient (Wildman–Crippen LogP) is 3.06. The van der Waals surface area contributed by atoms with Gasteiger partial charge in [0.2, 0.25) is 0 Å². The van der Waals surface area contributed by atoms with Crippen LogP contribution in [0.15, 0.2) is 18.2 Å². The van der Waals surface area contributed by atoms with Crippen molar-refractivity contribution in [3.8, 4) is 0 Å². The maximum absolute atomic E-state index is 11.9. The van der Waals surface area contributed by atoms with Crippen LogP contribution in [0.5, 0.6) is 0 Å². The highest BCUT2D eigenvalue weighted by molar-refractivity contribution is 9.09. The number of benzene rings is 1. The van der Waals surface area contributed by atoms with E-state index in [1.54, 1.807) is 0 Å². The van der Waals surface area contributed by atoms with Gasteiger partial charge in [-0.1, -0.05) is 35.0 Å². The molecule has 1 aromatic rings. The minimum Gasteiger partial charge on any atom is -0.352 e. The van der Waals surface area contributed by atoms with Crippen LogP contribution in [-0.2, 0) is 0 Å². The Kier molecular flexibility index (Phi) is 5.00. The van der Waals surface area contributed by atoms with Crippen LogP contribution in [-0.4, -0.2) is 17.8 Å². The van der Waals surface area contributed by atoms with E-state index in [1.807, 2.05) is 32.0 Å². The molecule has 1 N–H and O–H groups in total. The van der Waals surface area contributed by atoms with Crippen LogP contribution in [0.4, 0.5) is 0 Å². The van der Waals surface area contributed by atoms with Crippen LogP contribution in [0.25, 0.3) is 0 Å². The molecule has 0 aromatic heterocycles. The zero-order valence-corrected chi connectivity index (χ0v) is 11.6. The van der Waals surface area contributed by atoms with Crippen LogP contribution in [0.1, 0.15) is 28.4 Å². The summed E-state index contributed by atoms with van der Waals surface area (Å²) in [6.45, 7) is 6.81. The number of halogens is 1. The van der Waals surface area contributed by atoms with E-state index < -0.39 is 0 Å². The summed E-state index contributed by atoms with van der Waals surface area (Å²) in [5.74, 6) is 0.475. The van der Waals surface area contributed by atoms with Crippen molar-refractivity contribution < 1.29 is 4.79 Å². The number of nitrogens with one attached hydrogen (secondary N) is 1. The Morgan fingerprint density at radius 2 is 2.12 bits per heavy atom. The van der Waals surface area contributed by atoms with Gasteiger partial charge in [0.25, 0.3) is 5.91 Å². The fourth-order valence-corrected chi connectivity index (χ4v) is 1.64. The average molecular weight is 284 g/mol. The molecule has 3 heteroatoms. The van der Waals surface area contributed by atoms with Gasteiger partial charge in [-0.05, 0) is 37.0 Å². The van der Waals surface area contributed by atoms with Crippen molar-refractivity contribution in [3.05, 3.63) is 34.9 Å². The first-order valence-corrected chi connectivity index (χ1v) is 6.58. The summed E-state index contributed by atoms with van der Waals surface area (Å²) in [4.78, 5) is 11.9. The van der Waals surface area contributed by atoms with E-state index in [1.165, 1.54) is 0 Å². The number of aryl methyl sites for hydroxylation is 1. The molecule has 0 radical (unpaired) electrons. The minimum absolute atomic E-state index is 0.0222. The number of hydrogen-bond donors (Lipinski definition) is 1. The molecule has 1 atom stereocenters. The van der Waals surface area contributed by atoms with E-state index in [-0.39, 0.29) is 5.91 Å². The third kappa shape index (κ3) is 3.34. The highest BCUT2D eigenvalue weighted by Gasteiger charge is 2.10. The van der Waals surface area contributed by atoms with Gasteiger partial charge < -0.3 is 5.32 Å². The normalized spacial score (nSPS) is 12.2. The van der Waals surface area contributed by atoms with E-state index in [4.69, 9.17) is 0 Å². The maximum Gasteiger partial charge on any atom is 0.251 e. The molecule has 0 heterocycles. The molecule has 0 aliphatic carbocycles. The van der Waals surface area contributed by atoms with Crippen LogP contribution in [0.2, 0.25) is 0 Å². The van der Waals surface area contributed by atoms with Crippen molar-refractivity contribution in [1.82, 2.24) is 5.32 Å². The first-order chi connectivity index (χ1) is 7.56. The second kappa shape index (κ2) is 6.04. The van der Waals surface area contributed by atoms with E-state index >= 15 is 0 Å². The maximum atomic E-state index is 11.9. The van der Waals surface area contributed by atoms with Gasteiger partial charge in [-0.25, -0.2) is 0 Å². The molecule has 1 amide bonds. The number of amides is 1. The van der Waals surface area contributed by atoms with E-state index in [0.717, 1.165) is 22.0 Å². The van der Waals surface area contributed by atoms with E-state index in [0.29, 0.717) is 12.5 Å². The largest absolute Gasteiger partial charge is 0.352 e. The van der Waals surface area contributed by atoms with Gasteiger partial charge in [-0.2, -0.15) is 0 Å². The minimum atomic E-state index is 0.0222. The summed E-state index contributed by atoms with van der Waals surface area (Å²) in [6, 6.07) is 5.81. The number of alkyl halides is 1. The third-order valence-corrected chi connectivity index (χ3v) is 3.83. The Hall–Kier alpha value is -0.830. The lowest BCUT2D eigenvalue weighted by molar-refractivity contribution is 0.0948. The fraction of sp³-hybridized carbons (Fsp3) is 0.462.